The van der Waals surface area contributed by atoms with Crippen molar-refractivity contribution < 1.29 is 66.7 Å². The van der Waals surface area contributed by atoms with Crippen molar-refractivity contribution in [2.24, 2.45) is 0 Å². The largest absolute Gasteiger partial charge is 0.489 e. The van der Waals surface area contributed by atoms with Gasteiger partial charge < -0.3 is 38.1 Å². The minimum Gasteiger partial charge on any atom is -0.489 e. The molecule has 0 heterocycles. The molecule has 0 bridgehead atoms. The highest BCUT2D eigenvalue weighted by molar-refractivity contribution is 5.86. The minimum atomic E-state index is -1.47. The van der Waals surface area contributed by atoms with Crippen molar-refractivity contribution in [2.75, 3.05) is 13.2 Å². The molecule has 1 aromatic carbocycles. The van der Waals surface area contributed by atoms with Crippen LogP contribution in [0, 0.1) is 20.8 Å². The van der Waals surface area contributed by atoms with Gasteiger partial charge in [-0.25, -0.2) is 19.2 Å². The summed E-state index contributed by atoms with van der Waals surface area (Å²) in [6.07, 6.45) is -6.30. The van der Waals surface area contributed by atoms with Crippen molar-refractivity contribution >= 4 is 41.7 Å². The molecule has 1 aromatic rings. The van der Waals surface area contributed by atoms with E-state index in [4.69, 9.17) is 28.4 Å². The number of hydrogen-bond donors (Lipinski definition) is 0. The van der Waals surface area contributed by atoms with Gasteiger partial charge in [-0.1, -0.05) is 0 Å². The highest BCUT2D eigenvalue weighted by Gasteiger charge is 2.31. The summed E-state index contributed by atoms with van der Waals surface area (Å²) in [5, 5.41) is 0. The van der Waals surface area contributed by atoms with Crippen LogP contribution < -0.4 is 9.47 Å². The van der Waals surface area contributed by atoms with Gasteiger partial charge in [0.25, 0.3) is 0 Å². The number of aryl methyl sites for hydroxylation is 1. The van der Waals surface area contributed by atoms with Crippen LogP contribution in [-0.4, -0.2) is 96.3 Å². The van der Waals surface area contributed by atoms with Crippen molar-refractivity contribution in [3.63, 3.8) is 0 Å². The fourth-order valence-electron chi connectivity index (χ4n) is 4.23. The molecule has 0 radical (unpaired) electrons. The van der Waals surface area contributed by atoms with Crippen LogP contribution in [0.15, 0.2) is 6.07 Å². The van der Waals surface area contributed by atoms with Crippen LogP contribution in [0.5, 0.6) is 11.5 Å². The summed E-state index contributed by atoms with van der Waals surface area (Å²) in [6, 6.07) is 1.52. The highest BCUT2D eigenvalue weighted by atomic mass is 16.6. The summed E-state index contributed by atoms with van der Waals surface area (Å²) in [5.41, 5.74) is 1.70. The topological polar surface area (TPSA) is 187 Å². The predicted octanol–water partition coefficient (Wildman–Crippen LogP) is 2.83. The van der Waals surface area contributed by atoms with Gasteiger partial charge in [-0.2, -0.15) is 0 Å². The summed E-state index contributed by atoms with van der Waals surface area (Å²) in [6.45, 7) is 17.7. The molecule has 0 aromatic heterocycles. The maximum Gasteiger partial charge on any atom is 0.352 e. The molecule has 48 heavy (non-hydrogen) atoms. The highest BCUT2D eigenvalue weighted by Crippen LogP contribution is 2.33. The van der Waals surface area contributed by atoms with Gasteiger partial charge in [0.05, 0.1) is 6.54 Å². The maximum atomic E-state index is 12.9. The molecule has 15 nitrogen and oxygen atoms in total. The molecular weight excluding hydrogens is 634 g/mol. The third-order valence-corrected chi connectivity index (χ3v) is 6.92. The number of benzene rings is 1. The standard InChI is InChI=1S/C33H47NO14/c1-16(2)34(24(10)35)14-27(47-26(12)37)15-42-28-13-17(3)29(19(5)18(28)4)48-33(41)23(9)46-32(40)22(8)45-31(39)21(7)44-30(38)20(6)43-25(11)36/h13,16,20-23,27H,14-15H2,1-12H3. The lowest BCUT2D eigenvalue weighted by Gasteiger charge is -2.29. The van der Waals surface area contributed by atoms with E-state index in [2.05, 4.69) is 4.74 Å². The predicted molar refractivity (Wildman–Crippen MR) is 168 cm³/mol. The number of hydrogen-bond acceptors (Lipinski definition) is 14. The monoisotopic (exact) mass is 681 g/mol. The van der Waals surface area contributed by atoms with Crippen LogP contribution in [0.1, 0.15) is 79.0 Å². The normalized spacial score (nSPS) is 13.9. The first-order valence-electron chi connectivity index (χ1n) is 15.3. The zero-order chi connectivity index (χ0) is 37.0. The Labute approximate surface area is 280 Å². The summed E-state index contributed by atoms with van der Waals surface area (Å²) < 4.78 is 36.7. The lowest BCUT2D eigenvalue weighted by atomic mass is 10.0. The van der Waals surface area contributed by atoms with Gasteiger partial charge in [-0.3, -0.25) is 14.4 Å². The molecule has 5 unspecified atom stereocenters. The van der Waals surface area contributed by atoms with E-state index in [-0.39, 0.29) is 30.9 Å². The smallest absolute Gasteiger partial charge is 0.352 e. The molecule has 0 saturated carbocycles. The molecule has 268 valence electrons. The molecule has 1 amide bonds. The third kappa shape index (κ3) is 12.8. The molecule has 0 fully saturated rings. The average Bonchev–Trinajstić information content (AvgIpc) is 2.97. The summed E-state index contributed by atoms with van der Waals surface area (Å²) in [4.78, 5) is 86.0. The number of carbonyl (C=O) groups is 7. The maximum absolute atomic E-state index is 12.9. The molecule has 0 aliphatic rings. The second kappa shape index (κ2) is 18.6. The van der Waals surface area contributed by atoms with Crippen LogP contribution in [0.25, 0.3) is 0 Å². The number of carbonyl (C=O) groups excluding carboxylic acids is 7. The van der Waals surface area contributed by atoms with E-state index in [0.29, 0.717) is 22.4 Å². The number of nitrogens with zero attached hydrogens (tertiary/aromatic N) is 1. The van der Waals surface area contributed by atoms with Gasteiger partial charge in [-0.15, -0.1) is 0 Å². The van der Waals surface area contributed by atoms with Crippen LogP contribution in [0.3, 0.4) is 0 Å². The molecule has 5 atom stereocenters. The Hall–Kier alpha value is -4.69. The Kier molecular flexibility index (Phi) is 16.0. The number of ether oxygens (including phenoxy) is 7. The number of rotatable bonds is 16. The SMILES string of the molecule is CC(=O)OC(COc1cc(C)c(OC(=O)C(C)OC(=O)C(C)OC(=O)C(C)OC(=O)C(C)OC(C)=O)c(C)c1C)CN(C(C)=O)C(C)C. The van der Waals surface area contributed by atoms with Gasteiger partial charge in [0.1, 0.15) is 18.1 Å². The summed E-state index contributed by atoms with van der Waals surface area (Å²) in [5.74, 6) is -4.78. The summed E-state index contributed by atoms with van der Waals surface area (Å²) >= 11 is 0. The number of esters is 6. The molecule has 0 spiro atoms. The molecule has 0 aliphatic heterocycles. The molecule has 0 aliphatic carbocycles. The van der Waals surface area contributed by atoms with E-state index in [1.54, 1.807) is 31.7 Å². The number of amides is 1. The fraction of sp³-hybridized carbons (Fsp3) is 0.606. The van der Waals surface area contributed by atoms with Crippen molar-refractivity contribution in [3.8, 4) is 11.5 Å². The fourth-order valence-corrected chi connectivity index (χ4v) is 4.23. The van der Waals surface area contributed by atoms with Crippen LogP contribution in [0.4, 0.5) is 0 Å². The summed E-state index contributed by atoms with van der Waals surface area (Å²) in [7, 11) is 0. The van der Waals surface area contributed by atoms with Crippen LogP contribution in [0.2, 0.25) is 0 Å². The molecular formula is C33H47NO14. The van der Waals surface area contributed by atoms with Crippen molar-refractivity contribution in [1.82, 2.24) is 4.90 Å². The lowest BCUT2D eigenvalue weighted by molar-refractivity contribution is -0.183. The Bertz CT molecular complexity index is 1370. The van der Waals surface area contributed by atoms with Gasteiger partial charge in [-0.05, 0) is 85.1 Å². The first kappa shape index (κ1) is 41.3. The van der Waals surface area contributed by atoms with Gasteiger partial charge in [0, 0.05) is 26.8 Å². The van der Waals surface area contributed by atoms with E-state index in [0.717, 1.165) is 6.92 Å². The molecule has 0 N–H and O–H groups in total. The zero-order valence-corrected chi connectivity index (χ0v) is 29.6. The van der Waals surface area contributed by atoms with Gasteiger partial charge in [0.15, 0.2) is 30.5 Å². The van der Waals surface area contributed by atoms with Gasteiger partial charge >= 0.3 is 35.8 Å². The molecule has 1 rings (SSSR count). The van der Waals surface area contributed by atoms with Crippen LogP contribution in [-0.2, 0) is 57.2 Å². The first-order chi connectivity index (χ1) is 22.2. The lowest BCUT2D eigenvalue weighted by Crippen LogP contribution is -2.44. The minimum absolute atomic E-state index is 0.0424. The van der Waals surface area contributed by atoms with E-state index in [1.165, 1.54) is 41.5 Å². The second-order valence-corrected chi connectivity index (χ2v) is 11.5. The first-order valence-corrected chi connectivity index (χ1v) is 15.3. The Morgan fingerprint density at radius 3 is 1.48 bits per heavy atom. The zero-order valence-electron chi connectivity index (χ0n) is 29.6. The molecule has 15 heteroatoms. The van der Waals surface area contributed by atoms with E-state index in [9.17, 15) is 33.6 Å². The Balaban J connectivity index is 2.88. The third-order valence-electron chi connectivity index (χ3n) is 6.92. The Morgan fingerprint density at radius 2 is 1.06 bits per heavy atom. The van der Waals surface area contributed by atoms with Crippen molar-refractivity contribution in [3.05, 3.63) is 22.8 Å². The molecule has 0 saturated heterocycles. The average molecular weight is 682 g/mol. The van der Waals surface area contributed by atoms with E-state index < -0.39 is 66.3 Å². The van der Waals surface area contributed by atoms with Crippen LogP contribution >= 0.6 is 0 Å². The van der Waals surface area contributed by atoms with E-state index >= 15 is 0 Å². The quantitative estimate of drug-likeness (QED) is 0.141. The van der Waals surface area contributed by atoms with Crippen molar-refractivity contribution in [1.29, 1.82) is 0 Å². The van der Waals surface area contributed by atoms with Gasteiger partial charge in [0.2, 0.25) is 5.91 Å². The Morgan fingerprint density at radius 1 is 0.625 bits per heavy atom. The second-order valence-electron chi connectivity index (χ2n) is 11.5. The van der Waals surface area contributed by atoms with E-state index in [1.807, 2.05) is 13.8 Å². The van der Waals surface area contributed by atoms with Crippen molar-refractivity contribution in [2.45, 2.75) is 120 Å².